The lowest BCUT2D eigenvalue weighted by Crippen LogP contribution is -2.58. The lowest BCUT2D eigenvalue weighted by molar-refractivity contribution is -0.204. The van der Waals surface area contributed by atoms with Gasteiger partial charge in [0.2, 0.25) is 0 Å². The van der Waals surface area contributed by atoms with E-state index in [1.807, 2.05) is 69.2 Å². The number of rotatable bonds is 14. The van der Waals surface area contributed by atoms with E-state index in [4.69, 9.17) is 28.4 Å². The van der Waals surface area contributed by atoms with Crippen molar-refractivity contribution < 1.29 is 57.5 Å². The van der Waals surface area contributed by atoms with Crippen LogP contribution in [0.5, 0.6) is 0 Å². The summed E-state index contributed by atoms with van der Waals surface area (Å²) < 4.78 is 35.0. The number of fused-ring (bicyclic) bond motifs is 19. The second kappa shape index (κ2) is 21.3. The summed E-state index contributed by atoms with van der Waals surface area (Å²) in [5, 5.41) is 10.5. The number of aliphatic hydroxyl groups is 1. The topological polar surface area (TPSA) is 161 Å². The molecule has 81 heavy (non-hydrogen) atoms. The molecule has 1 N–H and O–H groups in total. The van der Waals surface area contributed by atoms with Crippen LogP contribution in [-0.2, 0) is 52.4 Å². The molecule has 3 aliphatic heterocycles. The third kappa shape index (κ3) is 10.1. The van der Waals surface area contributed by atoms with Gasteiger partial charge in [0.1, 0.15) is 23.4 Å². The third-order valence-electron chi connectivity index (χ3n) is 26.8. The highest BCUT2D eigenvalue weighted by Gasteiger charge is 2.70. The van der Waals surface area contributed by atoms with Gasteiger partial charge in [-0.2, -0.15) is 0 Å². The molecule has 14 bridgehead atoms. The molecule has 0 aromatic rings. The Labute approximate surface area is 487 Å². The molecule has 0 aromatic carbocycles. The van der Waals surface area contributed by atoms with Gasteiger partial charge in [0.25, 0.3) is 0 Å². The van der Waals surface area contributed by atoms with E-state index in [1.165, 1.54) is 51.4 Å². The highest BCUT2D eigenvalue weighted by atomic mass is 16.7. The van der Waals surface area contributed by atoms with Gasteiger partial charge in [0, 0.05) is 11.8 Å². The second-order valence-corrected chi connectivity index (χ2v) is 32.5. The first-order valence-corrected chi connectivity index (χ1v) is 33.6. The Morgan fingerprint density at radius 2 is 0.889 bits per heavy atom. The van der Waals surface area contributed by atoms with Gasteiger partial charge in [0.05, 0.1) is 39.3 Å². The maximum Gasteiger partial charge on any atom is 0.312 e. The van der Waals surface area contributed by atoms with Gasteiger partial charge in [-0.1, -0.05) is 41.5 Å². The summed E-state index contributed by atoms with van der Waals surface area (Å²) in [6.07, 6.45) is 23.5. The Morgan fingerprint density at radius 3 is 1.30 bits per heavy atom. The van der Waals surface area contributed by atoms with Gasteiger partial charge in [0.15, 0.2) is 12.2 Å². The van der Waals surface area contributed by atoms with Gasteiger partial charge >= 0.3 is 29.8 Å². The van der Waals surface area contributed by atoms with Crippen LogP contribution in [0, 0.1) is 116 Å². The Morgan fingerprint density at radius 1 is 0.481 bits per heavy atom. The van der Waals surface area contributed by atoms with Crippen molar-refractivity contribution in [3.8, 4) is 0 Å². The molecular weight excluding hydrogens is 1020 g/mol. The standard InChI is InChI=1S/2C20H32O2.C16H26O3.C13H18O5/c2*1-5-19(3,4)18(21)22-20(6-2)11-14-10-15(20)17-13-8-7-12(9-13)16(14)17;1-4-15(2,3)14(17)19-13-11-5-10-6-12(13)9-16(18,7-10)8-11;1-4-13(2,3)12(15)18-9-7-5-6-8(16-7)10(9)17-11(6)14/h2*12-17H,5-11H2,1-4H3;10-13,18H,4-9H2,1-3H3;6-10H,4-5H2,1-3H3. The first-order chi connectivity index (χ1) is 38.1. The Bertz CT molecular complexity index is 2300. The van der Waals surface area contributed by atoms with E-state index in [-0.39, 0.29) is 81.5 Å². The van der Waals surface area contributed by atoms with E-state index in [0.717, 1.165) is 136 Å². The summed E-state index contributed by atoms with van der Waals surface area (Å²) >= 11 is 0. The van der Waals surface area contributed by atoms with Crippen molar-refractivity contribution in [2.45, 2.75) is 286 Å². The van der Waals surface area contributed by atoms with Crippen LogP contribution in [0.4, 0.5) is 0 Å². The maximum atomic E-state index is 12.7. The van der Waals surface area contributed by atoms with E-state index in [9.17, 15) is 29.1 Å². The number of carbonyl (C=O) groups is 5. The zero-order chi connectivity index (χ0) is 58.3. The Balaban J connectivity index is 0.000000114. The smallest absolute Gasteiger partial charge is 0.312 e. The third-order valence-corrected chi connectivity index (χ3v) is 26.8. The molecule has 0 amide bonds. The van der Waals surface area contributed by atoms with Gasteiger partial charge in [-0.25, -0.2) is 0 Å². The van der Waals surface area contributed by atoms with E-state index in [2.05, 4.69) is 27.7 Å². The molecule has 15 rings (SSSR count). The van der Waals surface area contributed by atoms with Crippen LogP contribution in [-0.4, -0.2) is 82.3 Å². The molecule has 12 saturated carbocycles. The quantitative estimate of drug-likeness (QED) is 0.0997. The SMILES string of the molecule is CCC(C)(C)C(=O)OC1(CC)CC2CC1C1C3CCC(C3)C21.CCC(C)(C)C(=O)OC1(CC)CC2CC1C1C3CCC(C3)C21.CCC(C)(C)C(=O)OC1C2CC3C(=O)OC1C3O2.CCC(C)(C)C(=O)OC1C2CC3CC1CC(O)(C3)C2. The molecule has 21 atom stereocenters. The number of esters is 5. The van der Waals surface area contributed by atoms with Crippen LogP contribution in [0.15, 0.2) is 0 Å². The van der Waals surface area contributed by atoms with Gasteiger partial charge in [-0.15, -0.1) is 0 Å². The van der Waals surface area contributed by atoms with Gasteiger partial charge < -0.3 is 33.5 Å². The second-order valence-electron chi connectivity index (χ2n) is 32.5. The van der Waals surface area contributed by atoms with E-state index in [0.29, 0.717) is 42.4 Å². The van der Waals surface area contributed by atoms with Crippen LogP contribution >= 0.6 is 0 Å². The molecule has 15 aliphatic rings. The van der Waals surface area contributed by atoms with Crippen molar-refractivity contribution in [2.75, 3.05) is 0 Å². The van der Waals surface area contributed by atoms with Crippen LogP contribution in [0.2, 0.25) is 0 Å². The largest absolute Gasteiger partial charge is 0.461 e. The van der Waals surface area contributed by atoms with Gasteiger partial charge in [-0.05, 0) is 274 Å². The summed E-state index contributed by atoms with van der Waals surface area (Å²) in [6.45, 7) is 28.4. The molecule has 3 heterocycles. The number of hydrogen-bond acceptors (Lipinski definition) is 12. The van der Waals surface area contributed by atoms with Crippen molar-refractivity contribution in [3.05, 3.63) is 0 Å². The molecule has 0 radical (unpaired) electrons. The predicted octanol–water partition coefficient (Wildman–Crippen LogP) is 13.6. The van der Waals surface area contributed by atoms with Gasteiger partial charge in [-0.3, -0.25) is 24.0 Å². The van der Waals surface area contributed by atoms with Crippen LogP contribution < -0.4 is 0 Å². The van der Waals surface area contributed by atoms with E-state index >= 15 is 0 Å². The highest BCUT2D eigenvalue weighted by Crippen LogP contribution is 2.72. The number of ether oxygens (including phenoxy) is 6. The van der Waals surface area contributed by atoms with Crippen molar-refractivity contribution in [1.29, 1.82) is 0 Å². The van der Waals surface area contributed by atoms with E-state index < -0.39 is 23.2 Å². The summed E-state index contributed by atoms with van der Waals surface area (Å²) in [5.41, 5.74) is -2.26. The molecule has 21 unspecified atom stereocenters. The molecule has 12 heteroatoms. The molecule has 15 fully saturated rings. The first kappa shape index (κ1) is 60.0. The van der Waals surface area contributed by atoms with Crippen molar-refractivity contribution in [1.82, 2.24) is 0 Å². The monoisotopic (exact) mass is 1130 g/mol. The predicted molar refractivity (Wildman–Crippen MR) is 307 cm³/mol. The zero-order valence-corrected chi connectivity index (χ0v) is 52.6. The van der Waals surface area contributed by atoms with Crippen molar-refractivity contribution in [3.63, 3.8) is 0 Å². The lowest BCUT2D eigenvalue weighted by Gasteiger charge is -2.57. The summed E-state index contributed by atoms with van der Waals surface area (Å²) in [4.78, 5) is 61.3. The summed E-state index contributed by atoms with van der Waals surface area (Å²) in [5.74, 6) is 11.6. The summed E-state index contributed by atoms with van der Waals surface area (Å²) in [6, 6.07) is 0. The normalized spacial score (nSPS) is 46.0. The molecule has 3 saturated heterocycles. The van der Waals surface area contributed by atoms with Crippen LogP contribution in [0.25, 0.3) is 0 Å². The summed E-state index contributed by atoms with van der Waals surface area (Å²) in [7, 11) is 0. The molecule has 12 nitrogen and oxygen atoms in total. The average Bonchev–Trinajstić information content (AvgIpc) is 4.27. The fourth-order valence-electron chi connectivity index (χ4n) is 20.9. The van der Waals surface area contributed by atoms with Crippen molar-refractivity contribution in [2.24, 2.45) is 116 Å². The maximum absolute atomic E-state index is 12.7. The average molecular weight is 1130 g/mol. The molecule has 456 valence electrons. The molecule has 0 aromatic heterocycles. The molecular formula is C69H108O12. The Kier molecular flexibility index (Phi) is 15.8. The van der Waals surface area contributed by atoms with Crippen LogP contribution in [0.3, 0.4) is 0 Å². The minimum atomic E-state index is -0.510. The lowest BCUT2D eigenvalue weighted by atomic mass is 9.53. The first-order valence-electron chi connectivity index (χ1n) is 33.6. The van der Waals surface area contributed by atoms with E-state index in [1.54, 1.807) is 0 Å². The molecule has 0 spiro atoms. The minimum absolute atomic E-state index is 0.0455. The molecule has 12 aliphatic carbocycles. The highest BCUT2D eigenvalue weighted by molar-refractivity contribution is 5.79. The number of carbonyl (C=O) groups excluding carboxylic acids is 5. The number of hydrogen-bond donors (Lipinski definition) is 1. The fraction of sp³-hybridized carbons (Fsp3) is 0.928. The fourth-order valence-corrected chi connectivity index (χ4v) is 20.9. The van der Waals surface area contributed by atoms with Crippen molar-refractivity contribution >= 4 is 29.8 Å². The zero-order valence-electron chi connectivity index (χ0n) is 52.6. The minimum Gasteiger partial charge on any atom is -0.461 e. The Hall–Kier alpha value is -2.73. The van der Waals surface area contributed by atoms with Crippen LogP contribution in [0.1, 0.15) is 238 Å².